The van der Waals surface area contributed by atoms with Crippen LogP contribution in [0.25, 0.3) is 0 Å². The molecular weight excluding hydrogens is 526 g/mol. The molecule has 0 bridgehead atoms. The smallest absolute Gasteiger partial charge is 0.296 e. The quantitative estimate of drug-likeness (QED) is 0.179. The standard InChI is InChI=1S/C17H25N7O8S3/c1-24(2)17-21-15(18-11-5-3-4-6-12(11)23-33(25)26)20-16(22-17)19-13-9-10(34(27,28)29)7-8-14(13)35(30,31)32/h7-9,11-12,33H,3-6H2,1-2H3,(H,23,25,26)(H,27,28,29)(H,30,31,32)(H2,18,19,20,21,22). The highest BCUT2D eigenvalue weighted by Crippen LogP contribution is 2.28. The number of benzene rings is 1. The number of hydrogen-bond acceptors (Lipinski definition) is 12. The molecule has 18 heteroatoms. The highest BCUT2D eigenvalue weighted by atomic mass is 32.2. The fourth-order valence-corrected chi connectivity index (χ4v) is 5.27. The van der Waals surface area contributed by atoms with Gasteiger partial charge in [-0.1, -0.05) is 12.8 Å². The summed E-state index contributed by atoms with van der Waals surface area (Å²) < 4.78 is 90.4. The Morgan fingerprint density at radius 1 is 0.943 bits per heavy atom. The first kappa shape index (κ1) is 27.0. The molecule has 0 radical (unpaired) electrons. The van der Waals surface area contributed by atoms with Crippen molar-refractivity contribution in [1.82, 2.24) is 19.7 Å². The molecule has 1 aliphatic rings. The Bertz CT molecular complexity index is 1370. The number of aromatic nitrogens is 3. The van der Waals surface area contributed by atoms with Crippen LogP contribution in [0.15, 0.2) is 28.0 Å². The van der Waals surface area contributed by atoms with E-state index in [0.29, 0.717) is 12.8 Å². The average Bonchev–Trinajstić information content (AvgIpc) is 2.73. The van der Waals surface area contributed by atoms with Crippen molar-refractivity contribution in [3.63, 3.8) is 0 Å². The van der Waals surface area contributed by atoms with Gasteiger partial charge in [-0.2, -0.15) is 31.8 Å². The van der Waals surface area contributed by atoms with E-state index in [1.54, 1.807) is 14.1 Å². The minimum Gasteiger partial charge on any atom is -0.350 e. The van der Waals surface area contributed by atoms with Crippen LogP contribution in [0.5, 0.6) is 0 Å². The molecule has 2 unspecified atom stereocenters. The lowest BCUT2D eigenvalue weighted by atomic mass is 9.91. The van der Waals surface area contributed by atoms with Gasteiger partial charge in [0.1, 0.15) is 4.90 Å². The van der Waals surface area contributed by atoms with E-state index in [9.17, 15) is 34.4 Å². The minimum absolute atomic E-state index is 0.0466. The van der Waals surface area contributed by atoms with Gasteiger partial charge in [-0.15, -0.1) is 0 Å². The number of nitrogens with zero attached hydrogens (tertiary/aromatic N) is 4. The van der Waals surface area contributed by atoms with E-state index in [1.165, 1.54) is 4.90 Å². The van der Waals surface area contributed by atoms with Crippen LogP contribution < -0.4 is 20.3 Å². The molecule has 3 rings (SSSR count). The van der Waals surface area contributed by atoms with Gasteiger partial charge in [0, 0.05) is 26.2 Å². The topological polar surface area (TPSA) is 221 Å². The van der Waals surface area contributed by atoms with Gasteiger partial charge in [0.05, 0.1) is 10.6 Å². The van der Waals surface area contributed by atoms with Crippen LogP contribution in [-0.2, 0) is 31.1 Å². The van der Waals surface area contributed by atoms with Crippen molar-refractivity contribution >= 4 is 54.7 Å². The fraction of sp³-hybridized carbons (Fsp3) is 0.471. The second kappa shape index (κ2) is 10.5. The van der Waals surface area contributed by atoms with Crippen molar-refractivity contribution in [1.29, 1.82) is 0 Å². The third-order valence-corrected chi connectivity index (χ3v) is 7.45. The molecule has 194 valence electrons. The highest BCUT2D eigenvalue weighted by Gasteiger charge is 2.27. The van der Waals surface area contributed by atoms with Crippen molar-refractivity contribution in [3.05, 3.63) is 18.2 Å². The zero-order valence-electron chi connectivity index (χ0n) is 18.6. The van der Waals surface area contributed by atoms with E-state index in [0.717, 1.165) is 31.0 Å². The number of nitrogens with one attached hydrogen (secondary N) is 3. The average molecular weight is 552 g/mol. The normalized spacial score (nSPS) is 18.9. The van der Waals surface area contributed by atoms with Gasteiger partial charge < -0.3 is 15.5 Å². The van der Waals surface area contributed by atoms with Gasteiger partial charge in [-0.25, -0.2) is 13.1 Å². The van der Waals surface area contributed by atoms with Crippen LogP contribution in [0.1, 0.15) is 25.7 Å². The largest absolute Gasteiger partial charge is 0.350 e. The molecule has 0 spiro atoms. The Kier molecular flexibility index (Phi) is 8.12. The van der Waals surface area contributed by atoms with E-state index in [-0.39, 0.29) is 23.9 Å². The Morgan fingerprint density at radius 3 is 2.14 bits per heavy atom. The van der Waals surface area contributed by atoms with E-state index >= 15 is 0 Å². The summed E-state index contributed by atoms with van der Waals surface area (Å²) >= 11 is 0. The Balaban J connectivity index is 2.02. The molecule has 2 atom stereocenters. The summed E-state index contributed by atoms with van der Waals surface area (Å²) in [5, 5.41) is 5.63. The first-order chi connectivity index (χ1) is 16.2. The van der Waals surface area contributed by atoms with Gasteiger partial charge in [-0.3, -0.25) is 9.11 Å². The summed E-state index contributed by atoms with van der Waals surface area (Å²) in [4.78, 5) is 12.9. The molecule has 2 aromatic rings. The molecule has 0 aliphatic heterocycles. The molecule has 0 amide bonds. The predicted molar refractivity (Wildman–Crippen MR) is 127 cm³/mol. The maximum Gasteiger partial charge on any atom is 0.296 e. The van der Waals surface area contributed by atoms with Crippen molar-refractivity contribution in [3.8, 4) is 0 Å². The zero-order chi connectivity index (χ0) is 26.0. The highest BCUT2D eigenvalue weighted by molar-refractivity contribution is 7.86. The molecular formula is C17H25N7O8S3. The van der Waals surface area contributed by atoms with Gasteiger partial charge in [-0.05, 0) is 31.0 Å². The molecule has 1 aromatic heterocycles. The lowest BCUT2D eigenvalue weighted by molar-refractivity contribution is 0.380. The molecule has 15 nitrogen and oxygen atoms in total. The summed E-state index contributed by atoms with van der Waals surface area (Å²) in [6, 6.07) is 1.69. The molecule has 1 aromatic carbocycles. The van der Waals surface area contributed by atoms with Crippen LogP contribution in [0, 0.1) is 0 Å². The first-order valence-corrected chi connectivity index (χ1v) is 14.3. The summed E-state index contributed by atoms with van der Waals surface area (Å²) in [5.41, 5.74) is -0.412. The Labute approximate surface area is 204 Å². The van der Waals surface area contributed by atoms with Gasteiger partial charge in [0.15, 0.2) is 0 Å². The van der Waals surface area contributed by atoms with E-state index in [2.05, 4.69) is 30.3 Å². The van der Waals surface area contributed by atoms with Crippen molar-refractivity contribution in [2.45, 2.75) is 47.6 Å². The molecule has 1 aliphatic carbocycles. The van der Waals surface area contributed by atoms with Crippen LogP contribution in [0.4, 0.5) is 23.5 Å². The third kappa shape index (κ3) is 7.18. The van der Waals surface area contributed by atoms with E-state index in [4.69, 9.17) is 0 Å². The molecule has 1 fully saturated rings. The fourth-order valence-electron chi connectivity index (χ4n) is 3.56. The second-order valence-electron chi connectivity index (χ2n) is 7.94. The molecule has 1 saturated carbocycles. The van der Waals surface area contributed by atoms with E-state index < -0.39 is 52.6 Å². The molecule has 1 heterocycles. The summed E-state index contributed by atoms with van der Waals surface area (Å²) in [7, 11) is -9.03. The first-order valence-electron chi connectivity index (χ1n) is 10.2. The van der Waals surface area contributed by atoms with Crippen LogP contribution in [0.2, 0.25) is 0 Å². The van der Waals surface area contributed by atoms with Gasteiger partial charge >= 0.3 is 0 Å². The van der Waals surface area contributed by atoms with Crippen molar-refractivity contribution in [2.75, 3.05) is 29.6 Å². The Morgan fingerprint density at radius 2 is 1.57 bits per heavy atom. The lowest BCUT2D eigenvalue weighted by Gasteiger charge is -2.31. The lowest BCUT2D eigenvalue weighted by Crippen LogP contribution is -2.46. The molecule has 0 saturated heterocycles. The van der Waals surface area contributed by atoms with Crippen LogP contribution in [-0.4, -0.2) is 75.5 Å². The molecule has 5 N–H and O–H groups in total. The SMILES string of the molecule is CN(C)c1nc(Nc2cc(S(=O)(=O)O)ccc2S(=O)(=O)O)nc(NC2CCCCC2N[SH](=O)=O)n1. The molecule has 35 heavy (non-hydrogen) atoms. The van der Waals surface area contributed by atoms with Crippen molar-refractivity contribution in [2.24, 2.45) is 0 Å². The summed E-state index contributed by atoms with van der Waals surface area (Å²) in [5.74, 6) is -0.0243. The maximum absolute atomic E-state index is 11.8. The predicted octanol–water partition coefficient (Wildman–Crippen LogP) is 0.0137. The monoisotopic (exact) mass is 551 g/mol. The zero-order valence-corrected chi connectivity index (χ0v) is 21.1. The number of anilines is 4. The minimum atomic E-state index is -4.80. The summed E-state index contributed by atoms with van der Waals surface area (Å²) in [6.07, 6.45) is 2.94. The maximum atomic E-state index is 11.8. The number of thiol groups is 1. The van der Waals surface area contributed by atoms with Gasteiger partial charge in [0.25, 0.3) is 20.2 Å². The third-order valence-electron chi connectivity index (χ3n) is 5.15. The second-order valence-corrected chi connectivity index (χ2v) is 11.5. The van der Waals surface area contributed by atoms with Crippen LogP contribution in [0.3, 0.4) is 0 Å². The van der Waals surface area contributed by atoms with Crippen LogP contribution >= 0.6 is 0 Å². The van der Waals surface area contributed by atoms with Gasteiger partial charge in [0.2, 0.25) is 28.7 Å². The number of rotatable bonds is 9. The Hall–Kier alpha value is -2.64. The number of hydrogen-bond donors (Lipinski definition) is 6. The van der Waals surface area contributed by atoms with Crippen molar-refractivity contribution < 1.29 is 34.4 Å². The summed E-state index contributed by atoms with van der Waals surface area (Å²) in [6.45, 7) is 0. The van der Waals surface area contributed by atoms with E-state index in [1.807, 2.05) is 0 Å².